The second kappa shape index (κ2) is 10.1. The molecule has 0 aromatic heterocycles. The van der Waals surface area contributed by atoms with Gasteiger partial charge in [0.05, 0.1) is 22.9 Å². The summed E-state index contributed by atoms with van der Waals surface area (Å²) in [4.78, 5) is 35.6. The molecule has 0 aliphatic rings. The van der Waals surface area contributed by atoms with Gasteiger partial charge in [-0.15, -0.1) is 0 Å². The fraction of sp³-hybridized carbons (Fsp3) is 0.353. The molecule has 0 heterocycles. The van der Waals surface area contributed by atoms with Gasteiger partial charge in [-0.2, -0.15) is 0 Å². The number of carbonyl (C=O) groups excluding carboxylic acids is 3. The summed E-state index contributed by atoms with van der Waals surface area (Å²) in [5.41, 5.74) is 0.311. The number of hydrogen-bond donors (Lipinski definition) is 2. The molecule has 0 unspecified atom stereocenters. The second-order valence-corrected chi connectivity index (χ2v) is 5.88. The lowest BCUT2D eigenvalue weighted by molar-refractivity contribution is -0.140. The van der Waals surface area contributed by atoms with Gasteiger partial charge in [-0.05, 0) is 32.4 Å². The average Bonchev–Trinajstić information content (AvgIpc) is 2.55. The van der Waals surface area contributed by atoms with E-state index in [1.54, 1.807) is 6.92 Å². The highest BCUT2D eigenvalue weighted by Gasteiger charge is 2.18. The molecule has 1 rings (SSSR count). The van der Waals surface area contributed by atoms with Crippen molar-refractivity contribution >= 4 is 46.5 Å². The van der Waals surface area contributed by atoms with Crippen LogP contribution in [0, 0.1) is 0 Å². The van der Waals surface area contributed by atoms with Gasteiger partial charge in [-0.3, -0.25) is 9.59 Å². The number of amides is 1. The summed E-state index contributed by atoms with van der Waals surface area (Å²) in [6.07, 6.45) is 1.83. The van der Waals surface area contributed by atoms with Gasteiger partial charge in [0.25, 0.3) is 5.91 Å². The van der Waals surface area contributed by atoms with E-state index in [0.29, 0.717) is 13.0 Å². The molecule has 0 spiro atoms. The maximum Gasteiger partial charge on any atom is 0.343 e. The van der Waals surface area contributed by atoms with Crippen molar-refractivity contribution in [1.82, 2.24) is 5.32 Å². The topological polar surface area (TPSA) is 84.5 Å². The summed E-state index contributed by atoms with van der Waals surface area (Å²) >= 11 is 12.2. The Morgan fingerprint density at radius 1 is 1.20 bits per heavy atom. The van der Waals surface area contributed by atoms with Crippen LogP contribution in [0.2, 0.25) is 10.0 Å². The predicted molar refractivity (Wildman–Crippen MR) is 98.1 cm³/mol. The van der Waals surface area contributed by atoms with Gasteiger partial charge in [-0.1, -0.05) is 30.1 Å². The minimum absolute atomic E-state index is 0.122. The number of hydrogen-bond acceptors (Lipinski definition) is 5. The minimum Gasteiger partial charge on any atom is -0.462 e. The first-order valence-corrected chi connectivity index (χ1v) is 8.49. The third kappa shape index (κ3) is 6.07. The first-order chi connectivity index (χ1) is 11.8. The average molecular weight is 387 g/mol. The van der Waals surface area contributed by atoms with Crippen molar-refractivity contribution in [3.63, 3.8) is 0 Å². The quantitative estimate of drug-likeness (QED) is 0.308. The molecular formula is C17H20Cl2N2O4. The first kappa shape index (κ1) is 21.0. The van der Waals surface area contributed by atoms with Crippen LogP contribution in [0.3, 0.4) is 0 Å². The Morgan fingerprint density at radius 3 is 2.44 bits per heavy atom. The number of ketones is 1. The van der Waals surface area contributed by atoms with Crippen molar-refractivity contribution in [3.05, 3.63) is 39.5 Å². The zero-order chi connectivity index (χ0) is 19.0. The number of benzene rings is 1. The molecule has 1 amide bonds. The maximum absolute atomic E-state index is 12.0. The van der Waals surface area contributed by atoms with Crippen LogP contribution in [-0.4, -0.2) is 30.8 Å². The molecule has 0 radical (unpaired) electrons. The molecule has 2 N–H and O–H groups in total. The van der Waals surface area contributed by atoms with Gasteiger partial charge in [0.1, 0.15) is 5.57 Å². The molecule has 8 heteroatoms. The molecule has 0 aliphatic carbocycles. The molecule has 0 atom stereocenters. The highest BCUT2D eigenvalue weighted by Crippen LogP contribution is 2.30. The highest BCUT2D eigenvalue weighted by atomic mass is 35.5. The summed E-state index contributed by atoms with van der Waals surface area (Å²) < 4.78 is 4.96. The number of anilines is 1. The van der Waals surface area contributed by atoms with Crippen LogP contribution in [0.15, 0.2) is 23.9 Å². The normalized spacial score (nSPS) is 11.0. The van der Waals surface area contributed by atoms with E-state index in [0.717, 1.165) is 0 Å². The van der Waals surface area contributed by atoms with Gasteiger partial charge in [0.15, 0.2) is 5.78 Å². The number of ether oxygens (including phenoxy) is 1. The van der Waals surface area contributed by atoms with Crippen LogP contribution in [0.4, 0.5) is 5.69 Å². The summed E-state index contributed by atoms with van der Waals surface area (Å²) in [6, 6.07) is 2.92. The highest BCUT2D eigenvalue weighted by molar-refractivity contribution is 6.38. The Bertz CT molecular complexity index is 702. The Labute approximate surface area is 156 Å². The first-order valence-electron chi connectivity index (χ1n) is 7.73. The smallest absolute Gasteiger partial charge is 0.343 e. The van der Waals surface area contributed by atoms with Gasteiger partial charge in [0.2, 0.25) is 0 Å². The molecule has 0 saturated heterocycles. The van der Waals surface area contributed by atoms with E-state index in [1.807, 2.05) is 6.92 Å². The molecule has 25 heavy (non-hydrogen) atoms. The van der Waals surface area contributed by atoms with Crippen LogP contribution < -0.4 is 10.6 Å². The maximum atomic E-state index is 12.0. The Morgan fingerprint density at radius 2 is 1.88 bits per heavy atom. The molecule has 6 nitrogen and oxygen atoms in total. The van der Waals surface area contributed by atoms with E-state index in [9.17, 15) is 14.4 Å². The van der Waals surface area contributed by atoms with Crippen LogP contribution in [-0.2, 0) is 14.3 Å². The SMILES string of the molecule is CCCOC(=O)C(=CNc1cc(Cl)cc(C(=O)NCC)c1Cl)C(C)=O. The number of carbonyl (C=O) groups is 3. The predicted octanol–water partition coefficient (Wildman–Crippen LogP) is 3.58. The van der Waals surface area contributed by atoms with E-state index in [4.69, 9.17) is 27.9 Å². The van der Waals surface area contributed by atoms with Gasteiger partial charge in [-0.25, -0.2) is 4.79 Å². The van der Waals surface area contributed by atoms with Crippen LogP contribution in [0.5, 0.6) is 0 Å². The molecule has 0 bridgehead atoms. The molecule has 0 aliphatic heterocycles. The number of Topliss-reactive ketones (excluding diaryl/α,β-unsaturated/α-hetero) is 1. The van der Waals surface area contributed by atoms with Gasteiger partial charge >= 0.3 is 5.97 Å². The van der Waals surface area contributed by atoms with Crippen molar-refractivity contribution in [2.45, 2.75) is 27.2 Å². The summed E-state index contributed by atoms with van der Waals surface area (Å²) in [7, 11) is 0. The standard InChI is InChI=1S/C17H20Cl2N2O4/c1-4-6-25-17(24)13(10(3)22)9-21-14-8-11(18)7-12(15(14)19)16(23)20-5-2/h7-9,21H,4-6H2,1-3H3,(H,20,23). The molecular weight excluding hydrogens is 367 g/mol. The fourth-order valence-corrected chi connectivity index (χ4v) is 2.31. The molecule has 1 aromatic carbocycles. The van der Waals surface area contributed by atoms with E-state index in [-0.39, 0.29) is 39.4 Å². The van der Waals surface area contributed by atoms with E-state index in [2.05, 4.69) is 10.6 Å². The molecule has 0 saturated carbocycles. The minimum atomic E-state index is -0.732. The lowest BCUT2D eigenvalue weighted by atomic mass is 10.1. The number of esters is 1. The van der Waals surface area contributed by atoms with Gasteiger partial charge < -0.3 is 15.4 Å². The van der Waals surface area contributed by atoms with Gasteiger partial charge in [0, 0.05) is 17.8 Å². The van der Waals surface area contributed by atoms with Crippen LogP contribution in [0.25, 0.3) is 0 Å². The van der Waals surface area contributed by atoms with E-state index in [1.165, 1.54) is 25.3 Å². The number of rotatable bonds is 8. The second-order valence-electron chi connectivity index (χ2n) is 5.07. The lowest BCUT2D eigenvalue weighted by Gasteiger charge is -2.11. The third-order valence-corrected chi connectivity index (χ3v) is 3.65. The monoisotopic (exact) mass is 386 g/mol. The fourth-order valence-electron chi connectivity index (χ4n) is 1.84. The Balaban J connectivity index is 3.13. The van der Waals surface area contributed by atoms with E-state index >= 15 is 0 Å². The van der Waals surface area contributed by atoms with Crippen molar-refractivity contribution < 1.29 is 19.1 Å². The van der Waals surface area contributed by atoms with Crippen molar-refractivity contribution in [3.8, 4) is 0 Å². The van der Waals surface area contributed by atoms with Crippen LogP contribution >= 0.6 is 23.2 Å². The van der Waals surface area contributed by atoms with Crippen molar-refractivity contribution in [1.29, 1.82) is 0 Å². The summed E-state index contributed by atoms with van der Waals surface area (Å²) in [5.74, 6) is -1.57. The molecule has 0 fully saturated rings. The van der Waals surface area contributed by atoms with E-state index < -0.39 is 11.8 Å². The summed E-state index contributed by atoms with van der Waals surface area (Å²) in [6.45, 7) is 5.52. The number of nitrogens with one attached hydrogen (secondary N) is 2. The molecule has 1 aromatic rings. The summed E-state index contributed by atoms with van der Waals surface area (Å²) in [5, 5.41) is 5.78. The number of halogens is 2. The largest absolute Gasteiger partial charge is 0.462 e. The zero-order valence-electron chi connectivity index (χ0n) is 14.2. The Hall–Kier alpha value is -2.05. The van der Waals surface area contributed by atoms with Crippen LogP contribution in [0.1, 0.15) is 37.6 Å². The Kier molecular flexibility index (Phi) is 8.45. The molecule has 136 valence electrons. The zero-order valence-corrected chi connectivity index (χ0v) is 15.8. The van der Waals surface area contributed by atoms with Crippen molar-refractivity contribution in [2.24, 2.45) is 0 Å². The lowest BCUT2D eigenvalue weighted by Crippen LogP contribution is -2.23. The van der Waals surface area contributed by atoms with Crippen molar-refractivity contribution in [2.75, 3.05) is 18.5 Å². The third-order valence-electron chi connectivity index (χ3n) is 3.03.